The Morgan fingerprint density at radius 3 is 2.68 bits per heavy atom. The second-order valence-corrected chi connectivity index (χ2v) is 9.67. The van der Waals surface area contributed by atoms with E-state index in [4.69, 9.17) is 0 Å². The van der Waals surface area contributed by atoms with Gasteiger partial charge in [-0.15, -0.1) is 11.3 Å². The molecular weight excluding hydrogens is 460 g/mol. The summed E-state index contributed by atoms with van der Waals surface area (Å²) in [6.45, 7) is 0.400. The second kappa shape index (κ2) is 9.21. The molecule has 1 N–H and O–H groups in total. The van der Waals surface area contributed by atoms with Gasteiger partial charge in [0.1, 0.15) is 22.7 Å². The number of thiophene rings is 1. The molecule has 6 nitrogen and oxygen atoms in total. The number of benzene rings is 1. The van der Waals surface area contributed by atoms with Crippen LogP contribution in [-0.2, 0) is 28.9 Å². The summed E-state index contributed by atoms with van der Waals surface area (Å²) in [5, 5.41) is 3.85. The number of hydrogen-bond donors (Lipinski definition) is 1. The van der Waals surface area contributed by atoms with E-state index < -0.39 is 29.7 Å². The Morgan fingerprint density at radius 1 is 1.15 bits per heavy atom. The van der Waals surface area contributed by atoms with Gasteiger partial charge in [-0.2, -0.15) is 0 Å². The van der Waals surface area contributed by atoms with E-state index in [0.717, 1.165) is 48.0 Å². The minimum atomic E-state index is -0.711. The van der Waals surface area contributed by atoms with Gasteiger partial charge in [0.05, 0.1) is 25.8 Å². The van der Waals surface area contributed by atoms with E-state index >= 15 is 0 Å². The number of aromatic nitrogens is 1. The monoisotopic (exact) mass is 485 g/mol. The second-order valence-electron chi connectivity index (χ2n) is 8.59. The fraction of sp³-hybridized carbons (Fsp3) is 0.360. The average Bonchev–Trinajstić information content (AvgIpc) is 3.40. The van der Waals surface area contributed by atoms with Crippen molar-refractivity contribution < 1.29 is 23.1 Å². The number of nitrogens with zero attached hydrogens (tertiary/aromatic N) is 2. The summed E-state index contributed by atoms with van der Waals surface area (Å²) in [5.74, 6) is -1.82. The number of hydrogen-bond acceptors (Lipinski definition) is 4. The van der Waals surface area contributed by atoms with E-state index in [1.165, 1.54) is 29.7 Å². The topological polar surface area (TPSA) is 63.6 Å². The van der Waals surface area contributed by atoms with Crippen LogP contribution in [0.3, 0.4) is 0 Å². The van der Waals surface area contributed by atoms with Crippen molar-refractivity contribution >= 4 is 23.3 Å². The van der Waals surface area contributed by atoms with E-state index in [0.29, 0.717) is 12.1 Å². The molecule has 1 aliphatic heterocycles. The van der Waals surface area contributed by atoms with Crippen LogP contribution in [0.2, 0.25) is 0 Å². The molecule has 0 bridgehead atoms. The highest BCUT2D eigenvalue weighted by atomic mass is 32.1. The highest BCUT2D eigenvalue weighted by molar-refractivity contribution is 7.15. The Labute approximate surface area is 200 Å². The molecule has 0 unspecified atom stereocenters. The Balaban J connectivity index is 1.61. The number of aryl methyl sites for hydroxylation is 1. The summed E-state index contributed by atoms with van der Waals surface area (Å²) in [6.07, 6.45) is 6.19. The molecule has 0 spiro atoms. The predicted octanol–water partition coefficient (Wildman–Crippen LogP) is 4.87. The van der Waals surface area contributed by atoms with Crippen molar-refractivity contribution in [2.24, 2.45) is 0 Å². The highest BCUT2D eigenvalue weighted by Gasteiger charge is 2.36. The predicted molar refractivity (Wildman–Crippen MR) is 124 cm³/mol. The van der Waals surface area contributed by atoms with Crippen molar-refractivity contribution in [3.05, 3.63) is 75.4 Å². The van der Waals surface area contributed by atoms with Crippen LogP contribution in [0.4, 0.5) is 13.6 Å². The lowest BCUT2D eigenvalue weighted by molar-refractivity contribution is -0.140. The molecule has 3 aromatic rings. The van der Waals surface area contributed by atoms with Gasteiger partial charge in [-0.3, -0.25) is 4.79 Å². The number of urea groups is 1. The molecule has 1 aromatic carbocycles. The maximum absolute atomic E-state index is 14.3. The SMILES string of the molecule is COC(=O)CCNC(=O)N1Cc2c(sc3c2CCCC3)-n2cccc2[C@H]1c1cc(F)cc(F)c1. The number of esters is 1. The summed E-state index contributed by atoms with van der Waals surface area (Å²) in [4.78, 5) is 28.0. The summed E-state index contributed by atoms with van der Waals surface area (Å²) < 4.78 is 35.2. The zero-order valence-electron chi connectivity index (χ0n) is 18.8. The van der Waals surface area contributed by atoms with E-state index in [1.807, 2.05) is 22.9 Å². The molecule has 0 saturated heterocycles. The Hall–Kier alpha value is -3.20. The number of carbonyl (C=O) groups excluding carboxylic acids is 2. The van der Waals surface area contributed by atoms with Crippen molar-refractivity contribution in [2.75, 3.05) is 13.7 Å². The minimum absolute atomic E-state index is 0.0326. The molecule has 1 aliphatic carbocycles. The molecule has 5 rings (SSSR count). The lowest BCUT2D eigenvalue weighted by Crippen LogP contribution is -2.42. The van der Waals surface area contributed by atoms with Crippen LogP contribution in [0.25, 0.3) is 5.00 Å². The van der Waals surface area contributed by atoms with Crippen LogP contribution in [0, 0.1) is 11.6 Å². The lowest BCUT2D eigenvalue weighted by Gasteiger charge is -2.31. The molecule has 9 heteroatoms. The van der Waals surface area contributed by atoms with Gasteiger partial charge in [-0.25, -0.2) is 13.6 Å². The van der Waals surface area contributed by atoms with E-state index in [2.05, 4.69) is 10.1 Å². The fourth-order valence-electron chi connectivity index (χ4n) is 4.95. The van der Waals surface area contributed by atoms with E-state index in [9.17, 15) is 18.4 Å². The molecule has 0 fully saturated rings. The number of rotatable bonds is 4. The Bertz CT molecular complexity index is 1230. The minimum Gasteiger partial charge on any atom is -0.469 e. The maximum Gasteiger partial charge on any atom is 0.318 e. The summed E-state index contributed by atoms with van der Waals surface area (Å²) >= 11 is 1.74. The smallest absolute Gasteiger partial charge is 0.318 e. The molecule has 0 saturated carbocycles. The highest BCUT2D eigenvalue weighted by Crippen LogP contribution is 2.44. The molecule has 1 atom stereocenters. The van der Waals surface area contributed by atoms with Crippen LogP contribution >= 0.6 is 11.3 Å². The third-order valence-corrected chi connectivity index (χ3v) is 7.81. The van der Waals surface area contributed by atoms with Crippen LogP contribution < -0.4 is 5.32 Å². The van der Waals surface area contributed by atoms with Crippen molar-refractivity contribution in [3.8, 4) is 5.00 Å². The summed E-state index contributed by atoms with van der Waals surface area (Å²) in [7, 11) is 1.29. The zero-order chi connectivity index (χ0) is 23.8. The summed E-state index contributed by atoms with van der Waals surface area (Å²) in [5.41, 5.74) is 3.47. The lowest BCUT2D eigenvalue weighted by atomic mass is 9.95. The van der Waals surface area contributed by atoms with Crippen molar-refractivity contribution in [1.82, 2.24) is 14.8 Å². The third-order valence-electron chi connectivity index (χ3n) is 6.47. The molecular formula is C25H25F2N3O3S. The first-order chi connectivity index (χ1) is 16.5. The van der Waals surface area contributed by atoms with Crippen LogP contribution in [-0.4, -0.2) is 35.1 Å². The maximum atomic E-state index is 14.3. The number of halogens is 2. The first-order valence-corrected chi connectivity index (χ1v) is 12.2. The number of amides is 2. The number of methoxy groups -OCH3 is 1. The summed E-state index contributed by atoms with van der Waals surface area (Å²) in [6, 6.07) is 6.03. The largest absolute Gasteiger partial charge is 0.469 e. The van der Waals surface area contributed by atoms with Crippen molar-refractivity contribution in [2.45, 2.75) is 44.7 Å². The van der Waals surface area contributed by atoms with Gasteiger partial charge in [-0.05, 0) is 61.1 Å². The normalized spacial score (nSPS) is 16.8. The van der Waals surface area contributed by atoms with Gasteiger partial charge >= 0.3 is 12.0 Å². The zero-order valence-corrected chi connectivity index (χ0v) is 19.6. The van der Waals surface area contributed by atoms with Gasteiger partial charge in [0.25, 0.3) is 0 Å². The Kier molecular flexibility index (Phi) is 6.12. The quantitative estimate of drug-likeness (QED) is 0.536. The molecule has 2 aliphatic rings. The molecule has 0 radical (unpaired) electrons. The van der Waals surface area contributed by atoms with Crippen LogP contribution in [0.1, 0.15) is 52.6 Å². The third kappa shape index (κ3) is 4.09. The van der Waals surface area contributed by atoms with Gasteiger partial charge in [0.2, 0.25) is 0 Å². The number of fused-ring (bicyclic) bond motifs is 5. The standard InChI is InChI=1S/C25H25F2N3O3S/c1-33-22(31)8-9-28-25(32)30-14-19-18-5-2-3-7-21(18)34-24(19)29-10-4-6-20(29)23(30)15-11-16(26)13-17(27)12-15/h4,6,10-13,23H,2-3,5,7-9,14H2,1H3,(H,28,32)/t23-/m1/s1. The Morgan fingerprint density at radius 2 is 1.91 bits per heavy atom. The molecule has 2 amide bonds. The first-order valence-electron chi connectivity index (χ1n) is 11.3. The first kappa shape index (κ1) is 22.6. The molecule has 2 aromatic heterocycles. The van der Waals surface area contributed by atoms with Gasteiger partial charge < -0.3 is 19.5 Å². The van der Waals surface area contributed by atoms with Gasteiger partial charge in [-0.1, -0.05) is 0 Å². The molecule has 34 heavy (non-hydrogen) atoms. The number of ether oxygens (including phenoxy) is 1. The van der Waals surface area contributed by atoms with Crippen LogP contribution in [0.15, 0.2) is 36.5 Å². The van der Waals surface area contributed by atoms with E-state index in [-0.39, 0.29) is 13.0 Å². The van der Waals surface area contributed by atoms with Crippen molar-refractivity contribution in [3.63, 3.8) is 0 Å². The van der Waals surface area contributed by atoms with Gasteiger partial charge in [0, 0.05) is 29.2 Å². The number of nitrogens with one attached hydrogen (secondary N) is 1. The molecule has 3 heterocycles. The molecule has 178 valence electrons. The van der Waals surface area contributed by atoms with Crippen molar-refractivity contribution in [1.29, 1.82) is 0 Å². The van der Waals surface area contributed by atoms with Gasteiger partial charge in [0.15, 0.2) is 0 Å². The average molecular weight is 486 g/mol. The fourth-order valence-corrected chi connectivity index (χ4v) is 6.35. The van der Waals surface area contributed by atoms with Crippen LogP contribution in [0.5, 0.6) is 0 Å². The number of carbonyl (C=O) groups is 2. The van der Waals surface area contributed by atoms with E-state index in [1.54, 1.807) is 16.2 Å².